The predicted octanol–water partition coefficient (Wildman–Crippen LogP) is 4.93. The molecule has 2 aromatic carbocycles. The van der Waals surface area contributed by atoms with Crippen LogP contribution in [0.3, 0.4) is 0 Å². The van der Waals surface area contributed by atoms with Gasteiger partial charge in [-0.2, -0.15) is 0 Å². The second kappa shape index (κ2) is 7.39. The van der Waals surface area contributed by atoms with Gasteiger partial charge in [-0.25, -0.2) is 0 Å². The van der Waals surface area contributed by atoms with E-state index in [1.165, 1.54) is 0 Å². The molecule has 1 amide bonds. The topological polar surface area (TPSA) is 76.2 Å². The Hall–Kier alpha value is -3.15. The lowest BCUT2D eigenvalue weighted by molar-refractivity contribution is -0.120. The summed E-state index contributed by atoms with van der Waals surface area (Å²) in [5, 5.41) is 19.0. The van der Waals surface area contributed by atoms with Gasteiger partial charge in [0.1, 0.15) is 5.75 Å². The van der Waals surface area contributed by atoms with Crippen LogP contribution in [0.2, 0.25) is 0 Å². The number of fused-ring (bicyclic) bond motifs is 1. The number of carbonyl (C=O) groups is 1. The highest BCUT2D eigenvalue weighted by atomic mass is 16.5. The SMILES string of the molecule is Cc1ccc2c(c1)c(N=NC(=O)COc1ccccc1)c(O)n2C(C)C. The molecule has 0 saturated heterocycles. The van der Waals surface area contributed by atoms with E-state index in [-0.39, 0.29) is 18.5 Å². The zero-order chi connectivity index (χ0) is 18.7. The number of rotatable bonds is 5. The number of aromatic hydroxyl groups is 1. The maximum absolute atomic E-state index is 12.0. The Morgan fingerprint density at radius 2 is 1.92 bits per heavy atom. The average molecular weight is 351 g/mol. The number of aromatic nitrogens is 1. The quantitative estimate of drug-likeness (QED) is 0.662. The minimum absolute atomic E-state index is 0.00104. The Balaban J connectivity index is 1.85. The van der Waals surface area contributed by atoms with Gasteiger partial charge in [0.25, 0.3) is 0 Å². The van der Waals surface area contributed by atoms with Gasteiger partial charge >= 0.3 is 5.91 Å². The van der Waals surface area contributed by atoms with Crippen LogP contribution in [-0.4, -0.2) is 22.2 Å². The van der Waals surface area contributed by atoms with Crippen molar-refractivity contribution in [1.82, 2.24) is 4.57 Å². The smallest absolute Gasteiger partial charge is 0.302 e. The van der Waals surface area contributed by atoms with Crippen LogP contribution < -0.4 is 4.74 Å². The molecule has 3 aromatic rings. The fraction of sp³-hybridized carbons (Fsp3) is 0.250. The number of hydrogen-bond donors (Lipinski definition) is 1. The van der Waals surface area contributed by atoms with E-state index in [4.69, 9.17) is 4.74 Å². The Morgan fingerprint density at radius 1 is 1.19 bits per heavy atom. The molecule has 0 atom stereocenters. The zero-order valence-electron chi connectivity index (χ0n) is 15.0. The van der Waals surface area contributed by atoms with E-state index in [1.54, 1.807) is 16.7 Å². The second-order valence-electron chi connectivity index (χ2n) is 6.35. The van der Waals surface area contributed by atoms with Gasteiger partial charge in [0, 0.05) is 11.4 Å². The summed E-state index contributed by atoms with van der Waals surface area (Å²) in [5.74, 6) is 0.0680. The zero-order valence-corrected chi connectivity index (χ0v) is 15.0. The number of hydrogen-bond acceptors (Lipinski definition) is 4. The van der Waals surface area contributed by atoms with Crippen LogP contribution in [0.5, 0.6) is 11.6 Å². The molecule has 1 aromatic heterocycles. The van der Waals surface area contributed by atoms with Gasteiger partial charge < -0.3 is 14.4 Å². The molecule has 3 rings (SSSR count). The number of azo groups is 1. The van der Waals surface area contributed by atoms with E-state index < -0.39 is 5.91 Å². The number of ether oxygens (including phenoxy) is 1. The lowest BCUT2D eigenvalue weighted by Crippen LogP contribution is -2.07. The van der Waals surface area contributed by atoms with Crippen LogP contribution in [0.1, 0.15) is 25.5 Å². The summed E-state index contributed by atoms with van der Waals surface area (Å²) >= 11 is 0. The highest BCUT2D eigenvalue weighted by molar-refractivity contribution is 5.96. The molecular formula is C20H21N3O3. The standard InChI is InChI=1S/C20H21N3O3/c1-13(2)23-17-10-9-14(3)11-16(17)19(20(23)25)22-21-18(24)12-26-15-7-5-4-6-8-15/h4-11,13,25H,12H2,1-3H3. The van der Waals surface area contributed by atoms with Crippen molar-refractivity contribution in [2.24, 2.45) is 10.2 Å². The Morgan fingerprint density at radius 3 is 2.62 bits per heavy atom. The third-order valence-corrected chi connectivity index (χ3v) is 3.99. The first kappa shape index (κ1) is 17.7. The van der Waals surface area contributed by atoms with Crippen molar-refractivity contribution in [3.63, 3.8) is 0 Å². The monoisotopic (exact) mass is 351 g/mol. The van der Waals surface area contributed by atoms with Gasteiger partial charge in [0.2, 0.25) is 5.88 Å². The highest BCUT2D eigenvalue weighted by Gasteiger charge is 2.18. The van der Waals surface area contributed by atoms with Crippen LogP contribution in [0, 0.1) is 6.92 Å². The van der Waals surface area contributed by atoms with Crippen molar-refractivity contribution in [3.05, 3.63) is 54.1 Å². The molecule has 0 spiro atoms. The predicted molar refractivity (Wildman–Crippen MR) is 100 cm³/mol. The van der Waals surface area contributed by atoms with Crippen molar-refractivity contribution < 1.29 is 14.6 Å². The summed E-state index contributed by atoms with van der Waals surface area (Å²) in [6, 6.07) is 14.9. The van der Waals surface area contributed by atoms with Crippen LogP contribution >= 0.6 is 0 Å². The number of nitrogens with zero attached hydrogens (tertiary/aromatic N) is 3. The van der Waals surface area contributed by atoms with Gasteiger partial charge in [-0.15, -0.1) is 10.2 Å². The summed E-state index contributed by atoms with van der Waals surface area (Å²) in [4.78, 5) is 12.0. The van der Waals surface area contributed by atoms with Crippen molar-refractivity contribution in [2.75, 3.05) is 6.61 Å². The molecule has 0 unspecified atom stereocenters. The summed E-state index contributed by atoms with van der Waals surface area (Å²) < 4.78 is 7.14. The summed E-state index contributed by atoms with van der Waals surface area (Å²) in [6.45, 7) is 5.69. The van der Waals surface area contributed by atoms with E-state index >= 15 is 0 Å². The molecule has 1 heterocycles. The van der Waals surface area contributed by atoms with Gasteiger partial charge in [-0.05, 0) is 45.0 Å². The van der Waals surface area contributed by atoms with Crippen molar-refractivity contribution in [2.45, 2.75) is 26.8 Å². The number of aryl methyl sites for hydroxylation is 1. The van der Waals surface area contributed by atoms with Crippen LogP contribution in [0.15, 0.2) is 58.8 Å². The number of benzene rings is 2. The van der Waals surface area contributed by atoms with Crippen molar-refractivity contribution >= 4 is 22.5 Å². The van der Waals surface area contributed by atoms with Crippen molar-refractivity contribution in [1.29, 1.82) is 0 Å². The normalized spacial score (nSPS) is 11.5. The molecule has 1 N–H and O–H groups in total. The number of amides is 1. The van der Waals surface area contributed by atoms with E-state index in [9.17, 15) is 9.90 Å². The lowest BCUT2D eigenvalue weighted by atomic mass is 10.1. The van der Waals surface area contributed by atoms with Crippen molar-refractivity contribution in [3.8, 4) is 11.6 Å². The molecule has 6 nitrogen and oxygen atoms in total. The van der Waals surface area contributed by atoms with E-state index in [1.807, 2.05) is 57.2 Å². The fourth-order valence-electron chi connectivity index (χ4n) is 2.82. The van der Waals surface area contributed by atoms with Gasteiger partial charge in [-0.3, -0.25) is 4.79 Å². The molecule has 134 valence electrons. The maximum Gasteiger partial charge on any atom is 0.302 e. The molecule has 26 heavy (non-hydrogen) atoms. The van der Waals surface area contributed by atoms with Crippen LogP contribution in [0.25, 0.3) is 10.9 Å². The highest BCUT2D eigenvalue weighted by Crippen LogP contribution is 2.41. The Labute approximate surface area is 151 Å². The maximum atomic E-state index is 12.0. The number of carbonyl (C=O) groups excluding carboxylic acids is 1. The first-order valence-electron chi connectivity index (χ1n) is 8.43. The average Bonchev–Trinajstić information content (AvgIpc) is 2.90. The fourth-order valence-corrected chi connectivity index (χ4v) is 2.82. The minimum Gasteiger partial charge on any atom is -0.493 e. The molecule has 0 saturated carbocycles. The lowest BCUT2D eigenvalue weighted by Gasteiger charge is -2.10. The summed E-state index contributed by atoms with van der Waals surface area (Å²) in [6.07, 6.45) is 0. The summed E-state index contributed by atoms with van der Waals surface area (Å²) in [5.41, 5.74) is 2.18. The van der Waals surface area contributed by atoms with Gasteiger partial charge in [0.15, 0.2) is 12.3 Å². The molecule has 0 aliphatic rings. The molecule has 0 bridgehead atoms. The summed E-state index contributed by atoms with van der Waals surface area (Å²) in [7, 11) is 0. The minimum atomic E-state index is -0.522. The molecule has 0 radical (unpaired) electrons. The molecule has 0 aliphatic heterocycles. The molecule has 0 fully saturated rings. The number of para-hydroxylation sites is 1. The third-order valence-electron chi connectivity index (χ3n) is 3.99. The van der Waals surface area contributed by atoms with Gasteiger partial charge in [0.05, 0.1) is 5.52 Å². The second-order valence-corrected chi connectivity index (χ2v) is 6.35. The molecular weight excluding hydrogens is 330 g/mol. The first-order chi connectivity index (χ1) is 12.5. The Bertz CT molecular complexity index is 959. The van der Waals surface area contributed by atoms with E-state index in [2.05, 4.69) is 10.2 Å². The largest absolute Gasteiger partial charge is 0.493 e. The van der Waals surface area contributed by atoms with Crippen LogP contribution in [0.4, 0.5) is 5.69 Å². The molecule has 6 heteroatoms. The third kappa shape index (κ3) is 3.59. The van der Waals surface area contributed by atoms with Crippen LogP contribution in [-0.2, 0) is 4.79 Å². The van der Waals surface area contributed by atoms with E-state index in [0.29, 0.717) is 11.4 Å². The Kier molecular flexibility index (Phi) is 5.02. The molecule has 0 aliphatic carbocycles. The van der Waals surface area contributed by atoms with Gasteiger partial charge in [-0.1, -0.05) is 29.8 Å². The van der Waals surface area contributed by atoms with E-state index in [0.717, 1.165) is 16.5 Å². The first-order valence-corrected chi connectivity index (χ1v) is 8.43.